The lowest BCUT2D eigenvalue weighted by Crippen LogP contribution is -2.20. The summed E-state index contributed by atoms with van der Waals surface area (Å²) >= 11 is 0. The topological polar surface area (TPSA) is 48.0 Å². The average molecular weight is 417 g/mol. The third kappa shape index (κ3) is 5.09. The molecule has 4 aromatic carbocycles. The molecule has 0 saturated carbocycles. The predicted molar refractivity (Wildman–Crippen MR) is 118 cm³/mol. The summed E-state index contributed by atoms with van der Waals surface area (Å²) in [5, 5.41) is 1.45. The Morgan fingerprint density at radius 3 is 1.20 bits per heavy atom. The second-order valence-corrected chi connectivity index (χ2v) is 7.73. The van der Waals surface area contributed by atoms with Crippen LogP contribution in [0, 0.1) is 0 Å². The minimum absolute atomic E-state index is 0.373. The van der Waals surface area contributed by atoms with Gasteiger partial charge in [0.25, 0.3) is 0 Å². The van der Waals surface area contributed by atoms with Gasteiger partial charge in [-0.2, -0.15) is 0 Å². The van der Waals surface area contributed by atoms with Crippen LogP contribution in [0.5, 0.6) is 11.5 Å². The molecule has 4 aromatic rings. The van der Waals surface area contributed by atoms with E-state index in [2.05, 4.69) is 0 Å². The summed E-state index contributed by atoms with van der Waals surface area (Å²) in [6, 6.07) is 36.3. The standard InChI is InChI=1S/C24H20NO4P/c26-30(27-23-17-9-3-10-18-23,28-24-19-11-4-12-20-24)29-25(21-13-5-1-6-14-21)22-15-7-2-8-16-22/h1-20H. The molecule has 0 aliphatic heterocycles. The minimum Gasteiger partial charge on any atom is -0.394 e. The van der Waals surface area contributed by atoms with Crippen molar-refractivity contribution >= 4 is 19.2 Å². The molecule has 4 rings (SSSR count). The van der Waals surface area contributed by atoms with Crippen LogP contribution in [-0.4, -0.2) is 0 Å². The maximum Gasteiger partial charge on any atom is 0.610 e. The number of hydrogen-bond acceptors (Lipinski definition) is 5. The van der Waals surface area contributed by atoms with Crippen LogP contribution < -0.4 is 14.1 Å². The van der Waals surface area contributed by atoms with Gasteiger partial charge in [0.05, 0.1) is 11.4 Å². The number of benzene rings is 4. The molecule has 0 fully saturated rings. The van der Waals surface area contributed by atoms with Gasteiger partial charge in [-0.25, -0.2) is 9.63 Å². The van der Waals surface area contributed by atoms with Crippen LogP contribution in [0.15, 0.2) is 121 Å². The number of rotatable bonds is 8. The fourth-order valence-corrected chi connectivity index (χ4v) is 4.00. The van der Waals surface area contributed by atoms with Crippen LogP contribution >= 0.6 is 7.82 Å². The largest absolute Gasteiger partial charge is 0.610 e. The van der Waals surface area contributed by atoms with Gasteiger partial charge in [0.15, 0.2) is 0 Å². The van der Waals surface area contributed by atoms with Crippen molar-refractivity contribution in [3.05, 3.63) is 121 Å². The van der Waals surface area contributed by atoms with Gasteiger partial charge in [-0.05, 0) is 48.5 Å². The molecule has 0 N–H and O–H groups in total. The lowest BCUT2D eigenvalue weighted by Gasteiger charge is -2.27. The zero-order valence-corrected chi connectivity index (χ0v) is 17.0. The van der Waals surface area contributed by atoms with E-state index in [9.17, 15) is 4.57 Å². The Morgan fingerprint density at radius 1 is 0.500 bits per heavy atom. The molecule has 0 spiro atoms. The van der Waals surface area contributed by atoms with E-state index < -0.39 is 7.82 Å². The van der Waals surface area contributed by atoms with Gasteiger partial charge in [0.1, 0.15) is 11.5 Å². The highest BCUT2D eigenvalue weighted by atomic mass is 31.2. The monoisotopic (exact) mass is 417 g/mol. The first kappa shape index (κ1) is 19.8. The quantitative estimate of drug-likeness (QED) is 0.228. The number of nitrogens with zero attached hydrogens (tertiary/aromatic N) is 1. The molecular formula is C24H20NO4P. The van der Waals surface area contributed by atoms with Crippen LogP contribution in [0.3, 0.4) is 0 Å². The van der Waals surface area contributed by atoms with Gasteiger partial charge in [-0.1, -0.05) is 72.8 Å². The van der Waals surface area contributed by atoms with Crippen molar-refractivity contribution in [2.75, 3.05) is 5.06 Å². The summed E-state index contributed by atoms with van der Waals surface area (Å²) in [4.78, 5) is 0. The van der Waals surface area contributed by atoms with E-state index in [4.69, 9.17) is 13.7 Å². The van der Waals surface area contributed by atoms with E-state index in [0.717, 1.165) is 0 Å². The van der Waals surface area contributed by atoms with Gasteiger partial charge in [0.2, 0.25) is 0 Å². The summed E-state index contributed by atoms with van der Waals surface area (Å²) in [6.07, 6.45) is 0. The molecule has 30 heavy (non-hydrogen) atoms. The molecule has 0 aliphatic rings. The Morgan fingerprint density at radius 2 is 0.833 bits per heavy atom. The highest BCUT2D eigenvalue weighted by Crippen LogP contribution is 2.52. The van der Waals surface area contributed by atoms with Gasteiger partial charge < -0.3 is 9.05 Å². The van der Waals surface area contributed by atoms with Crippen molar-refractivity contribution < 1.29 is 18.2 Å². The predicted octanol–water partition coefficient (Wildman–Crippen LogP) is 7.02. The molecule has 0 saturated heterocycles. The van der Waals surface area contributed by atoms with Gasteiger partial charge in [-0.15, -0.1) is 4.62 Å². The Hall–Kier alpha value is -3.53. The second kappa shape index (κ2) is 9.31. The molecule has 0 heterocycles. The van der Waals surface area contributed by atoms with Crippen LogP contribution in [0.1, 0.15) is 0 Å². The molecule has 6 heteroatoms. The summed E-state index contributed by atoms with van der Waals surface area (Å²) in [5.41, 5.74) is 1.36. The molecule has 0 unspecified atom stereocenters. The third-order valence-electron chi connectivity index (χ3n) is 4.08. The summed E-state index contributed by atoms with van der Waals surface area (Å²) in [6.45, 7) is 0. The van der Waals surface area contributed by atoms with Crippen LogP contribution in [-0.2, 0) is 9.19 Å². The smallest absolute Gasteiger partial charge is 0.394 e. The van der Waals surface area contributed by atoms with Crippen molar-refractivity contribution in [3.63, 3.8) is 0 Å². The van der Waals surface area contributed by atoms with Crippen molar-refractivity contribution in [3.8, 4) is 11.5 Å². The van der Waals surface area contributed by atoms with Gasteiger partial charge >= 0.3 is 7.82 Å². The van der Waals surface area contributed by atoms with Gasteiger partial charge in [-0.3, -0.25) is 0 Å². The highest BCUT2D eigenvalue weighted by molar-refractivity contribution is 7.49. The summed E-state index contributed by atoms with van der Waals surface area (Å²) in [5.74, 6) is 0.746. The van der Waals surface area contributed by atoms with Crippen molar-refractivity contribution in [2.24, 2.45) is 0 Å². The first-order valence-corrected chi connectivity index (χ1v) is 10.9. The summed E-state index contributed by atoms with van der Waals surface area (Å²) in [7, 11) is -4.12. The van der Waals surface area contributed by atoms with E-state index >= 15 is 0 Å². The van der Waals surface area contributed by atoms with E-state index in [1.54, 1.807) is 48.5 Å². The lowest BCUT2D eigenvalue weighted by atomic mass is 10.2. The molecule has 0 aromatic heterocycles. The fraction of sp³-hybridized carbons (Fsp3) is 0. The first-order valence-electron chi connectivity index (χ1n) is 9.41. The maximum absolute atomic E-state index is 13.8. The number of anilines is 2. The highest BCUT2D eigenvalue weighted by Gasteiger charge is 2.35. The van der Waals surface area contributed by atoms with E-state index in [0.29, 0.717) is 22.9 Å². The maximum atomic E-state index is 13.8. The number of phosphoric acid groups is 1. The number of phosphoric ester groups is 1. The van der Waals surface area contributed by atoms with E-state index in [1.807, 2.05) is 72.8 Å². The van der Waals surface area contributed by atoms with E-state index in [1.165, 1.54) is 5.06 Å². The Labute approximate surface area is 175 Å². The SMILES string of the molecule is O=P(Oc1ccccc1)(Oc1ccccc1)ON(c1ccccc1)c1ccccc1. The Kier molecular flexibility index (Phi) is 6.14. The number of para-hydroxylation sites is 4. The number of hydrogen-bond donors (Lipinski definition) is 0. The van der Waals surface area contributed by atoms with Crippen molar-refractivity contribution in [2.45, 2.75) is 0 Å². The lowest BCUT2D eigenvalue weighted by molar-refractivity contribution is 0.211. The summed E-state index contributed by atoms with van der Waals surface area (Å²) < 4.78 is 31.3. The molecule has 150 valence electrons. The molecule has 0 radical (unpaired) electrons. The molecular weight excluding hydrogens is 397 g/mol. The first-order chi connectivity index (χ1) is 14.7. The second-order valence-electron chi connectivity index (χ2n) is 6.30. The van der Waals surface area contributed by atoms with E-state index in [-0.39, 0.29) is 0 Å². The zero-order valence-electron chi connectivity index (χ0n) is 16.1. The van der Waals surface area contributed by atoms with Crippen molar-refractivity contribution in [1.29, 1.82) is 0 Å². The average Bonchev–Trinajstić information content (AvgIpc) is 2.80. The van der Waals surface area contributed by atoms with Crippen LogP contribution in [0.2, 0.25) is 0 Å². The molecule has 5 nitrogen and oxygen atoms in total. The fourth-order valence-electron chi connectivity index (χ4n) is 2.74. The molecule has 0 bridgehead atoms. The zero-order chi connectivity index (χ0) is 20.7. The molecule has 0 atom stereocenters. The van der Waals surface area contributed by atoms with Crippen molar-refractivity contribution in [1.82, 2.24) is 0 Å². The third-order valence-corrected chi connectivity index (χ3v) is 5.32. The molecule has 0 aliphatic carbocycles. The Balaban J connectivity index is 1.71. The van der Waals surface area contributed by atoms with Crippen LogP contribution in [0.4, 0.5) is 11.4 Å². The normalized spacial score (nSPS) is 10.9. The Bertz CT molecular complexity index is 1010. The van der Waals surface area contributed by atoms with Gasteiger partial charge in [0, 0.05) is 0 Å². The molecule has 0 amide bonds. The van der Waals surface area contributed by atoms with Crippen LogP contribution in [0.25, 0.3) is 0 Å². The minimum atomic E-state index is -4.12.